The Labute approximate surface area is 141 Å². The van der Waals surface area contributed by atoms with Crippen LogP contribution < -0.4 is 19.5 Å². The molecule has 0 bridgehead atoms. The van der Waals surface area contributed by atoms with Crippen molar-refractivity contribution < 1.29 is 23.8 Å². The van der Waals surface area contributed by atoms with E-state index in [2.05, 4.69) is 10.5 Å². The maximum Gasteiger partial charge on any atom is 0.264 e. The van der Waals surface area contributed by atoms with Gasteiger partial charge in [-0.3, -0.25) is 4.79 Å². The van der Waals surface area contributed by atoms with E-state index in [1.165, 1.54) is 0 Å². The SMILES string of the molecule is CC[C@@H](C)NC(=O)[C@@H]1CC(c2cc(OC)c(OC)c(OC)c2)=NO1. The van der Waals surface area contributed by atoms with Crippen molar-refractivity contribution in [1.82, 2.24) is 5.32 Å². The second-order valence-electron chi connectivity index (χ2n) is 5.57. The van der Waals surface area contributed by atoms with Gasteiger partial charge in [0.2, 0.25) is 11.9 Å². The average molecular weight is 336 g/mol. The van der Waals surface area contributed by atoms with Crippen LogP contribution in [0.3, 0.4) is 0 Å². The number of carbonyl (C=O) groups excluding carboxylic acids is 1. The van der Waals surface area contributed by atoms with Crippen molar-refractivity contribution in [2.75, 3.05) is 21.3 Å². The van der Waals surface area contributed by atoms with Gasteiger partial charge in [-0.1, -0.05) is 12.1 Å². The van der Waals surface area contributed by atoms with Gasteiger partial charge in [-0.05, 0) is 25.5 Å². The molecule has 2 rings (SSSR count). The first-order chi connectivity index (χ1) is 11.5. The lowest BCUT2D eigenvalue weighted by atomic mass is 10.0. The molecule has 7 heteroatoms. The number of oxime groups is 1. The molecule has 1 heterocycles. The molecule has 1 N–H and O–H groups in total. The molecule has 0 unspecified atom stereocenters. The Morgan fingerprint density at radius 2 is 1.92 bits per heavy atom. The standard InChI is InChI=1S/C17H24N2O5/c1-6-10(2)18-17(20)15-9-12(19-24-15)11-7-13(21-3)16(23-5)14(8-11)22-4/h7-8,10,15H,6,9H2,1-5H3,(H,18,20)/t10-,15+/m1/s1. The number of rotatable bonds is 7. The molecule has 0 saturated heterocycles. The van der Waals surface area contributed by atoms with Gasteiger partial charge in [0.1, 0.15) is 0 Å². The van der Waals surface area contributed by atoms with Crippen LogP contribution in [0.5, 0.6) is 17.2 Å². The van der Waals surface area contributed by atoms with E-state index in [-0.39, 0.29) is 11.9 Å². The van der Waals surface area contributed by atoms with Gasteiger partial charge in [-0.25, -0.2) is 0 Å². The van der Waals surface area contributed by atoms with Gasteiger partial charge in [0.05, 0.1) is 27.0 Å². The fourth-order valence-electron chi connectivity index (χ4n) is 2.37. The monoisotopic (exact) mass is 336 g/mol. The van der Waals surface area contributed by atoms with Crippen LogP contribution >= 0.6 is 0 Å². The summed E-state index contributed by atoms with van der Waals surface area (Å²) < 4.78 is 16.0. The Kier molecular flexibility index (Phi) is 5.89. The quantitative estimate of drug-likeness (QED) is 0.825. The van der Waals surface area contributed by atoms with Crippen molar-refractivity contribution in [3.63, 3.8) is 0 Å². The summed E-state index contributed by atoms with van der Waals surface area (Å²) in [6.07, 6.45) is 0.632. The molecule has 1 aliphatic heterocycles. The molecule has 2 atom stereocenters. The number of amides is 1. The van der Waals surface area contributed by atoms with Crippen molar-refractivity contribution in [3.05, 3.63) is 17.7 Å². The first-order valence-electron chi connectivity index (χ1n) is 7.87. The summed E-state index contributed by atoms with van der Waals surface area (Å²) in [6, 6.07) is 3.68. The second kappa shape index (κ2) is 7.90. The average Bonchev–Trinajstić information content (AvgIpc) is 3.10. The summed E-state index contributed by atoms with van der Waals surface area (Å²) in [7, 11) is 4.65. The van der Waals surface area contributed by atoms with Gasteiger partial charge in [0, 0.05) is 18.0 Å². The first kappa shape index (κ1) is 17.9. The maximum atomic E-state index is 12.2. The van der Waals surface area contributed by atoms with Crippen molar-refractivity contribution in [3.8, 4) is 17.2 Å². The lowest BCUT2D eigenvalue weighted by molar-refractivity contribution is -0.131. The Hall–Kier alpha value is -2.44. The fourth-order valence-corrected chi connectivity index (χ4v) is 2.37. The third kappa shape index (κ3) is 3.72. The molecule has 1 aromatic rings. The number of nitrogens with one attached hydrogen (secondary N) is 1. The summed E-state index contributed by atoms with van der Waals surface area (Å²) in [5.74, 6) is 1.41. The molecule has 0 fully saturated rings. The predicted molar refractivity (Wildman–Crippen MR) is 90.0 cm³/mol. The summed E-state index contributed by atoms with van der Waals surface area (Å²) in [5.41, 5.74) is 1.43. The summed E-state index contributed by atoms with van der Waals surface area (Å²) in [6.45, 7) is 3.96. The maximum absolute atomic E-state index is 12.2. The molecule has 0 spiro atoms. The molecular weight excluding hydrogens is 312 g/mol. The molecule has 0 radical (unpaired) electrons. The topological polar surface area (TPSA) is 78.4 Å². The zero-order valence-corrected chi connectivity index (χ0v) is 14.7. The smallest absolute Gasteiger partial charge is 0.264 e. The zero-order chi connectivity index (χ0) is 17.7. The largest absolute Gasteiger partial charge is 0.493 e. The number of methoxy groups -OCH3 is 3. The summed E-state index contributed by atoms with van der Waals surface area (Å²) >= 11 is 0. The molecule has 1 amide bonds. The molecule has 24 heavy (non-hydrogen) atoms. The van der Waals surface area contributed by atoms with Gasteiger partial charge in [0.25, 0.3) is 5.91 Å². The Balaban J connectivity index is 2.17. The van der Waals surface area contributed by atoms with Gasteiger partial charge in [-0.2, -0.15) is 0 Å². The molecule has 0 saturated carbocycles. The zero-order valence-electron chi connectivity index (χ0n) is 14.7. The first-order valence-corrected chi connectivity index (χ1v) is 7.87. The van der Waals surface area contributed by atoms with E-state index in [0.29, 0.717) is 29.4 Å². The van der Waals surface area contributed by atoms with Crippen molar-refractivity contribution in [2.24, 2.45) is 5.16 Å². The Bertz CT molecular complexity index is 604. The molecule has 1 aromatic carbocycles. The van der Waals surface area contributed by atoms with Crippen LogP contribution in [0.4, 0.5) is 0 Å². The van der Waals surface area contributed by atoms with E-state index in [9.17, 15) is 4.79 Å². The highest BCUT2D eigenvalue weighted by atomic mass is 16.6. The highest BCUT2D eigenvalue weighted by molar-refractivity contribution is 6.04. The Morgan fingerprint density at radius 1 is 1.29 bits per heavy atom. The van der Waals surface area contributed by atoms with Crippen molar-refractivity contribution in [2.45, 2.75) is 38.8 Å². The van der Waals surface area contributed by atoms with Crippen LogP contribution in [0, 0.1) is 0 Å². The van der Waals surface area contributed by atoms with E-state index in [1.807, 2.05) is 13.8 Å². The third-order valence-electron chi connectivity index (χ3n) is 3.96. The van der Waals surface area contributed by atoms with E-state index in [1.54, 1.807) is 33.5 Å². The Morgan fingerprint density at radius 3 is 2.42 bits per heavy atom. The molecule has 7 nitrogen and oxygen atoms in total. The normalized spacial score (nSPS) is 17.5. The number of benzene rings is 1. The van der Waals surface area contributed by atoms with Gasteiger partial charge >= 0.3 is 0 Å². The van der Waals surface area contributed by atoms with Gasteiger partial charge in [-0.15, -0.1) is 0 Å². The van der Waals surface area contributed by atoms with E-state index in [0.717, 1.165) is 12.0 Å². The molecule has 132 valence electrons. The van der Waals surface area contributed by atoms with Crippen LogP contribution in [0.15, 0.2) is 17.3 Å². The van der Waals surface area contributed by atoms with Crippen LogP contribution in [0.2, 0.25) is 0 Å². The summed E-state index contributed by atoms with van der Waals surface area (Å²) in [5, 5.41) is 6.95. The van der Waals surface area contributed by atoms with Crippen LogP contribution in [-0.4, -0.2) is 45.1 Å². The molecular formula is C17H24N2O5. The second-order valence-corrected chi connectivity index (χ2v) is 5.57. The number of carbonyl (C=O) groups is 1. The number of hydrogen-bond donors (Lipinski definition) is 1. The van der Waals surface area contributed by atoms with Crippen LogP contribution in [-0.2, 0) is 9.63 Å². The third-order valence-corrected chi connectivity index (χ3v) is 3.96. The van der Waals surface area contributed by atoms with E-state index >= 15 is 0 Å². The highest BCUT2D eigenvalue weighted by Gasteiger charge is 2.30. The molecule has 0 aliphatic carbocycles. The predicted octanol–water partition coefficient (Wildman–Crippen LogP) is 2.12. The van der Waals surface area contributed by atoms with Crippen molar-refractivity contribution in [1.29, 1.82) is 0 Å². The van der Waals surface area contributed by atoms with Gasteiger partial charge < -0.3 is 24.4 Å². The molecule has 0 aromatic heterocycles. The molecule has 1 aliphatic rings. The number of hydrogen-bond acceptors (Lipinski definition) is 6. The lowest BCUT2D eigenvalue weighted by Gasteiger charge is -2.15. The fraction of sp³-hybridized carbons (Fsp3) is 0.529. The summed E-state index contributed by atoms with van der Waals surface area (Å²) in [4.78, 5) is 17.5. The minimum atomic E-state index is -0.618. The number of nitrogens with zero attached hydrogens (tertiary/aromatic N) is 1. The number of ether oxygens (including phenoxy) is 3. The van der Waals surface area contributed by atoms with Crippen molar-refractivity contribution >= 4 is 11.6 Å². The van der Waals surface area contributed by atoms with Crippen LogP contribution in [0.1, 0.15) is 32.3 Å². The van der Waals surface area contributed by atoms with E-state index in [4.69, 9.17) is 19.0 Å². The highest BCUT2D eigenvalue weighted by Crippen LogP contribution is 2.39. The lowest BCUT2D eigenvalue weighted by Crippen LogP contribution is -2.39. The van der Waals surface area contributed by atoms with E-state index < -0.39 is 6.10 Å². The minimum Gasteiger partial charge on any atom is -0.493 e. The van der Waals surface area contributed by atoms with Crippen LogP contribution in [0.25, 0.3) is 0 Å². The van der Waals surface area contributed by atoms with Gasteiger partial charge in [0.15, 0.2) is 11.5 Å². The minimum absolute atomic E-state index is 0.103.